The predicted octanol–water partition coefficient (Wildman–Crippen LogP) is 16.1. The Morgan fingerprint density at radius 3 is 1.39 bits per heavy atom. The number of furan rings is 1. The summed E-state index contributed by atoms with van der Waals surface area (Å²) in [7, 11) is 0. The lowest BCUT2D eigenvalue weighted by Gasteiger charge is -2.18. The van der Waals surface area contributed by atoms with Gasteiger partial charge in [-0.15, -0.1) is 11.3 Å². The summed E-state index contributed by atoms with van der Waals surface area (Å²) < 4.78 is 9.31. The van der Waals surface area contributed by atoms with Crippen LogP contribution in [0, 0.1) is 0 Å². The van der Waals surface area contributed by atoms with E-state index in [9.17, 15) is 0 Å². The highest BCUT2D eigenvalue weighted by Gasteiger charge is 2.19. The fraction of sp³-hybridized carbons (Fsp3) is 0. The van der Waals surface area contributed by atoms with Crippen molar-refractivity contribution >= 4 is 85.8 Å². The van der Waals surface area contributed by atoms with E-state index in [1.165, 1.54) is 91.6 Å². The third-order valence-corrected chi connectivity index (χ3v) is 12.8. The molecule has 0 radical (unpaired) electrons. The highest BCUT2D eigenvalue weighted by Crippen LogP contribution is 2.46. The van der Waals surface area contributed by atoms with Crippen LogP contribution in [-0.4, -0.2) is 0 Å². The van der Waals surface area contributed by atoms with Crippen molar-refractivity contribution in [2.75, 3.05) is 0 Å². The maximum atomic E-state index is 6.71. The van der Waals surface area contributed by atoms with Crippen LogP contribution in [0.4, 0.5) is 0 Å². The van der Waals surface area contributed by atoms with Crippen LogP contribution in [0.25, 0.3) is 119 Å². The molecular weight excluding hydrogens is 697 g/mol. The van der Waals surface area contributed by atoms with Crippen LogP contribution in [0.2, 0.25) is 0 Å². The topological polar surface area (TPSA) is 13.1 Å². The van der Waals surface area contributed by atoms with E-state index < -0.39 is 0 Å². The zero-order chi connectivity index (χ0) is 36.7. The lowest BCUT2D eigenvalue weighted by molar-refractivity contribution is 0.673. The van der Waals surface area contributed by atoms with Gasteiger partial charge in [0.05, 0.1) is 0 Å². The van der Waals surface area contributed by atoms with Gasteiger partial charge in [-0.05, 0) is 95.7 Å². The molecule has 2 aromatic heterocycles. The van der Waals surface area contributed by atoms with E-state index in [1.807, 2.05) is 11.3 Å². The van der Waals surface area contributed by atoms with E-state index in [0.717, 1.165) is 27.3 Å². The summed E-state index contributed by atoms with van der Waals surface area (Å²) >= 11 is 1.85. The summed E-state index contributed by atoms with van der Waals surface area (Å²) in [5.74, 6) is 0. The van der Waals surface area contributed by atoms with Crippen LogP contribution in [-0.2, 0) is 0 Å². The van der Waals surface area contributed by atoms with E-state index in [1.54, 1.807) is 0 Å². The first-order chi connectivity index (χ1) is 27.8. The Morgan fingerprint density at radius 2 is 0.768 bits per heavy atom. The lowest BCUT2D eigenvalue weighted by Crippen LogP contribution is -1.91. The van der Waals surface area contributed by atoms with Crippen molar-refractivity contribution in [3.05, 3.63) is 194 Å². The molecule has 0 aliphatic rings. The molecule has 12 rings (SSSR count). The molecule has 2 heteroatoms. The molecule has 56 heavy (non-hydrogen) atoms. The molecule has 12 aromatic rings. The molecule has 0 spiro atoms. The maximum absolute atomic E-state index is 6.71. The fourth-order valence-corrected chi connectivity index (χ4v) is 10.2. The molecule has 0 amide bonds. The molecule has 0 fully saturated rings. The van der Waals surface area contributed by atoms with Gasteiger partial charge in [-0.3, -0.25) is 0 Å². The molecule has 0 N–H and O–H groups in total. The molecule has 0 unspecified atom stereocenters. The monoisotopic (exact) mass is 728 g/mol. The van der Waals surface area contributed by atoms with Gasteiger partial charge in [-0.25, -0.2) is 0 Å². The van der Waals surface area contributed by atoms with E-state index in [0.29, 0.717) is 0 Å². The molecule has 0 atom stereocenters. The van der Waals surface area contributed by atoms with Gasteiger partial charge in [-0.1, -0.05) is 170 Å². The number of fused-ring (bicyclic) bond motifs is 10. The Labute approximate surface area is 327 Å². The van der Waals surface area contributed by atoms with Gasteiger partial charge in [-0.2, -0.15) is 0 Å². The first-order valence-corrected chi connectivity index (χ1v) is 20.0. The predicted molar refractivity (Wildman–Crippen MR) is 241 cm³/mol. The lowest BCUT2D eigenvalue weighted by atomic mass is 9.85. The maximum Gasteiger partial charge on any atom is 0.143 e. The first-order valence-electron chi connectivity index (χ1n) is 19.2. The van der Waals surface area contributed by atoms with Crippen LogP contribution < -0.4 is 0 Å². The molecule has 0 saturated carbocycles. The summed E-state index contributed by atoms with van der Waals surface area (Å²) in [6.07, 6.45) is 0. The van der Waals surface area contributed by atoms with Crippen molar-refractivity contribution in [3.8, 4) is 44.5 Å². The van der Waals surface area contributed by atoms with Crippen molar-refractivity contribution in [1.82, 2.24) is 0 Å². The standard InChI is InChI=1S/C54H32OS/c1-2-12-33(13-3-1)34-22-26-36(27-23-34)52-40-16-5-7-18-42(40)53(43-19-8-6-17-41(43)52)37-28-24-35(25-29-37)45-30-48-46-32-51-47(39-15-10-11-21-50(39)56-51)31-49(46)55-54(48)44-20-9-4-14-38(44)45/h1-32H. The largest absolute Gasteiger partial charge is 0.455 e. The number of hydrogen-bond donors (Lipinski definition) is 0. The minimum atomic E-state index is 0.933. The zero-order valence-corrected chi connectivity index (χ0v) is 31.1. The van der Waals surface area contributed by atoms with Crippen LogP contribution in [0.1, 0.15) is 0 Å². The number of hydrogen-bond acceptors (Lipinski definition) is 2. The second-order valence-corrected chi connectivity index (χ2v) is 15.8. The molecule has 10 aromatic carbocycles. The SMILES string of the molecule is c1ccc(-c2ccc(-c3c4ccccc4c(-c4ccc(-c5cc6c7cc8sc9ccccc9c8cc7oc6c6ccccc56)cc4)c4ccccc34)cc2)cc1. The molecule has 0 aliphatic carbocycles. The van der Waals surface area contributed by atoms with Crippen molar-refractivity contribution in [2.45, 2.75) is 0 Å². The Hall–Kier alpha value is -7.00. The Bertz CT molecular complexity index is 3440. The Balaban J connectivity index is 1.02. The van der Waals surface area contributed by atoms with E-state index in [4.69, 9.17) is 4.42 Å². The summed E-state index contributed by atoms with van der Waals surface area (Å²) in [6, 6.07) is 70.9. The van der Waals surface area contributed by atoms with Gasteiger partial charge in [0.15, 0.2) is 0 Å². The molecule has 1 nitrogen and oxygen atoms in total. The van der Waals surface area contributed by atoms with Gasteiger partial charge in [0.2, 0.25) is 0 Å². The van der Waals surface area contributed by atoms with Gasteiger partial charge < -0.3 is 4.42 Å². The van der Waals surface area contributed by atoms with Crippen LogP contribution in [0.5, 0.6) is 0 Å². The molecule has 0 aliphatic heterocycles. The Morgan fingerprint density at radius 1 is 0.286 bits per heavy atom. The van der Waals surface area contributed by atoms with Crippen molar-refractivity contribution < 1.29 is 4.42 Å². The average Bonchev–Trinajstić information content (AvgIpc) is 3.82. The van der Waals surface area contributed by atoms with Crippen molar-refractivity contribution in [1.29, 1.82) is 0 Å². The molecule has 260 valence electrons. The number of benzene rings is 10. The highest BCUT2D eigenvalue weighted by molar-refractivity contribution is 7.25. The van der Waals surface area contributed by atoms with Crippen LogP contribution in [0.15, 0.2) is 199 Å². The normalized spacial score (nSPS) is 11.9. The minimum absolute atomic E-state index is 0.933. The number of thiophene rings is 1. The minimum Gasteiger partial charge on any atom is -0.455 e. The van der Waals surface area contributed by atoms with Crippen molar-refractivity contribution in [2.24, 2.45) is 0 Å². The summed E-state index contributed by atoms with van der Waals surface area (Å²) in [6.45, 7) is 0. The first kappa shape index (κ1) is 31.4. The molecule has 0 saturated heterocycles. The smallest absolute Gasteiger partial charge is 0.143 e. The van der Waals surface area contributed by atoms with Crippen molar-refractivity contribution in [3.63, 3.8) is 0 Å². The van der Waals surface area contributed by atoms with Crippen LogP contribution in [0.3, 0.4) is 0 Å². The summed E-state index contributed by atoms with van der Waals surface area (Å²) in [5, 5.41) is 12.2. The second-order valence-electron chi connectivity index (χ2n) is 14.8. The Kier molecular flexibility index (Phi) is 6.87. The average molecular weight is 729 g/mol. The van der Waals surface area contributed by atoms with E-state index in [-0.39, 0.29) is 0 Å². The van der Waals surface area contributed by atoms with Crippen LogP contribution >= 0.6 is 11.3 Å². The molecule has 2 heterocycles. The third-order valence-electron chi connectivity index (χ3n) is 11.7. The summed E-state index contributed by atoms with van der Waals surface area (Å²) in [5.41, 5.74) is 11.7. The van der Waals surface area contributed by atoms with Gasteiger partial charge in [0, 0.05) is 36.3 Å². The van der Waals surface area contributed by atoms with E-state index in [2.05, 4.69) is 194 Å². The second kappa shape index (κ2) is 12.3. The van der Waals surface area contributed by atoms with E-state index >= 15 is 0 Å². The third kappa shape index (κ3) is 4.73. The highest BCUT2D eigenvalue weighted by atomic mass is 32.1. The van der Waals surface area contributed by atoms with Gasteiger partial charge >= 0.3 is 0 Å². The molecular formula is C54H32OS. The van der Waals surface area contributed by atoms with Gasteiger partial charge in [0.25, 0.3) is 0 Å². The number of rotatable bonds is 4. The zero-order valence-electron chi connectivity index (χ0n) is 30.3. The quantitative estimate of drug-likeness (QED) is 0.165. The summed E-state index contributed by atoms with van der Waals surface area (Å²) in [4.78, 5) is 0. The molecule has 0 bridgehead atoms. The fourth-order valence-electron chi connectivity index (χ4n) is 9.08. The van der Waals surface area contributed by atoms with Gasteiger partial charge in [0.1, 0.15) is 11.2 Å².